The van der Waals surface area contributed by atoms with E-state index in [0.717, 1.165) is 17.3 Å². The van der Waals surface area contributed by atoms with E-state index in [9.17, 15) is 14.4 Å². The van der Waals surface area contributed by atoms with Gasteiger partial charge in [-0.15, -0.1) is 0 Å². The van der Waals surface area contributed by atoms with Gasteiger partial charge < -0.3 is 9.47 Å². The van der Waals surface area contributed by atoms with E-state index in [0.29, 0.717) is 22.4 Å². The quantitative estimate of drug-likeness (QED) is 0.347. The molecule has 0 fully saturated rings. The second-order valence-corrected chi connectivity index (χ2v) is 8.06. The number of aryl methyl sites for hydroxylation is 1. The number of amidine groups is 1. The molecule has 3 heterocycles. The first kappa shape index (κ1) is 20.8. The zero-order valence-corrected chi connectivity index (χ0v) is 18.1. The lowest BCUT2D eigenvalue weighted by Gasteiger charge is -2.17. The summed E-state index contributed by atoms with van der Waals surface area (Å²) >= 11 is 1.06. The van der Waals surface area contributed by atoms with Crippen LogP contribution in [0.4, 0.5) is 5.69 Å². The topological polar surface area (TPSA) is 118 Å². The van der Waals surface area contributed by atoms with Gasteiger partial charge in [0.15, 0.2) is 23.7 Å². The zero-order valence-electron chi connectivity index (χ0n) is 17.3. The van der Waals surface area contributed by atoms with Gasteiger partial charge in [0.1, 0.15) is 5.70 Å². The van der Waals surface area contributed by atoms with Crippen molar-refractivity contribution >= 4 is 40.4 Å². The molecule has 0 saturated heterocycles. The van der Waals surface area contributed by atoms with Gasteiger partial charge >= 0.3 is 11.3 Å². The monoisotopic (exact) mass is 465 g/mol. The van der Waals surface area contributed by atoms with E-state index in [1.54, 1.807) is 48.5 Å². The van der Waals surface area contributed by atoms with E-state index >= 15 is 0 Å². The lowest BCUT2D eigenvalue weighted by molar-refractivity contribution is -0.741. The number of para-hydroxylation sites is 1. The molecule has 0 unspecified atom stereocenters. The highest BCUT2D eigenvalue weighted by atomic mass is 32.2. The first-order valence-electron chi connectivity index (χ1n) is 9.84. The van der Waals surface area contributed by atoms with Crippen molar-refractivity contribution < 1.29 is 28.3 Å². The largest absolute Gasteiger partial charge is 0.454 e. The number of anilines is 1. The number of ether oxygens (including phenoxy) is 2. The summed E-state index contributed by atoms with van der Waals surface area (Å²) in [5, 5.41) is 2.64. The summed E-state index contributed by atoms with van der Waals surface area (Å²) in [6.45, 7) is 0.153. The van der Waals surface area contributed by atoms with Gasteiger partial charge in [-0.3, -0.25) is 19.0 Å². The Bertz CT molecular complexity index is 1380. The van der Waals surface area contributed by atoms with Crippen molar-refractivity contribution in [3.63, 3.8) is 0 Å². The van der Waals surface area contributed by atoms with Crippen molar-refractivity contribution in [3.8, 4) is 11.5 Å². The molecule has 1 N–H and O–H groups in total. The number of benzene rings is 2. The summed E-state index contributed by atoms with van der Waals surface area (Å²) in [6, 6.07) is 14.3. The summed E-state index contributed by atoms with van der Waals surface area (Å²) in [4.78, 5) is 43.6. The number of rotatable bonds is 5. The third-order valence-electron chi connectivity index (χ3n) is 4.94. The van der Waals surface area contributed by atoms with Crippen LogP contribution < -0.4 is 24.7 Å². The van der Waals surface area contributed by atoms with Gasteiger partial charge in [0.25, 0.3) is 5.91 Å². The first-order valence-corrected chi connectivity index (χ1v) is 10.8. The fourth-order valence-electron chi connectivity index (χ4n) is 3.40. The molecule has 33 heavy (non-hydrogen) atoms. The molecule has 0 radical (unpaired) electrons. The molecular weight excluding hydrogens is 448 g/mol. The Morgan fingerprint density at radius 2 is 1.97 bits per heavy atom. The Morgan fingerprint density at radius 3 is 2.73 bits per heavy atom. The summed E-state index contributed by atoms with van der Waals surface area (Å²) < 4.78 is 16.6. The second-order valence-electron chi connectivity index (χ2n) is 7.11. The van der Waals surface area contributed by atoms with Crippen molar-refractivity contribution in [3.05, 3.63) is 75.9 Å². The van der Waals surface area contributed by atoms with Crippen molar-refractivity contribution in [2.45, 2.75) is 0 Å². The SMILES string of the molecule is C[n+]1[nH]oc(=O)c1C(=O)CSC1=N/C(=C/c2ccc3c(c2)OCO3)C(=O)N1c1ccccc1. The van der Waals surface area contributed by atoms with Crippen LogP contribution in [-0.2, 0) is 11.8 Å². The summed E-state index contributed by atoms with van der Waals surface area (Å²) in [6.07, 6.45) is 1.65. The van der Waals surface area contributed by atoms with E-state index in [1.165, 1.54) is 16.6 Å². The van der Waals surface area contributed by atoms with Gasteiger partial charge in [0.05, 0.1) is 11.4 Å². The number of ketones is 1. The number of thioether (sulfide) groups is 1. The molecule has 11 heteroatoms. The van der Waals surface area contributed by atoms with Crippen LogP contribution in [-0.4, -0.2) is 34.7 Å². The Kier molecular flexibility index (Phi) is 5.31. The normalized spacial score (nSPS) is 15.9. The highest BCUT2D eigenvalue weighted by molar-refractivity contribution is 8.14. The van der Waals surface area contributed by atoms with Gasteiger partial charge in [0.2, 0.25) is 12.6 Å². The number of carbonyl (C=O) groups excluding carboxylic acids is 2. The highest BCUT2D eigenvalue weighted by Crippen LogP contribution is 2.34. The molecule has 5 rings (SSSR count). The number of aromatic nitrogens is 2. The third-order valence-corrected chi connectivity index (χ3v) is 5.88. The highest BCUT2D eigenvalue weighted by Gasteiger charge is 2.34. The van der Waals surface area contributed by atoms with Crippen LogP contribution in [0.5, 0.6) is 11.5 Å². The van der Waals surface area contributed by atoms with E-state index in [4.69, 9.17) is 9.47 Å². The Morgan fingerprint density at radius 1 is 1.18 bits per heavy atom. The molecule has 2 aliphatic rings. The maximum atomic E-state index is 13.3. The number of carbonyl (C=O) groups is 2. The number of fused-ring (bicyclic) bond motifs is 1. The molecule has 3 aromatic rings. The zero-order chi connectivity index (χ0) is 22.9. The van der Waals surface area contributed by atoms with E-state index in [-0.39, 0.29) is 29.8 Å². The fourth-order valence-corrected chi connectivity index (χ4v) is 4.28. The molecule has 0 aliphatic carbocycles. The van der Waals surface area contributed by atoms with Crippen LogP contribution >= 0.6 is 11.8 Å². The summed E-state index contributed by atoms with van der Waals surface area (Å²) in [7, 11) is 1.50. The average molecular weight is 465 g/mol. The maximum absolute atomic E-state index is 13.3. The molecule has 0 bridgehead atoms. The minimum absolute atomic E-state index is 0.108. The standard InChI is InChI=1S/C22H16N4O6S/c1-25-19(21(29)32-24-25)16(27)11-33-22-23-15(20(28)26(22)14-5-3-2-4-6-14)9-13-7-8-17-18(10-13)31-12-30-17/h2-10H,11-12H2,1H3/p+1/b15-9+. The summed E-state index contributed by atoms with van der Waals surface area (Å²) in [5.41, 5.74) is 0.672. The maximum Gasteiger partial charge on any atom is 0.438 e. The third kappa shape index (κ3) is 3.94. The van der Waals surface area contributed by atoms with E-state index < -0.39 is 11.4 Å². The number of H-pyrrole nitrogens is 1. The second kappa shape index (κ2) is 8.43. The number of aromatic amines is 1. The number of hydrogen-bond donors (Lipinski definition) is 1. The Hall–Kier alpha value is -4.12. The molecule has 0 atom stereocenters. The molecule has 0 saturated carbocycles. The molecular formula is C22H17N4O6S+. The lowest BCUT2D eigenvalue weighted by Crippen LogP contribution is -2.40. The van der Waals surface area contributed by atoms with E-state index in [2.05, 4.69) is 14.8 Å². The number of amides is 1. The minimum atomic E-state index is -0.754. The van der Waals surface area contributed by atoms with Crippen LogP contribution in [0, 0.1) is 0 Å². The number of aliphatic imine (C=N–C) groups is 1. The van der Waals surface area contributed by atoms with Crippen LogP contribution in [0.2, 0.25) is 0 Å². The predicted octanol–water partition coefficient (Wildman–Crippen LogP) is 1.88. The molecule has 10 nitrogen and oxygen atoms in total. The van der Waals surface area contributed by atoms with Crippen LogP contribution in [0.25, 0.3) is 6.08 Å². The average Bonchev–Trinajstić information content (AvgIpc) is 3.50. The number of Topliss-reactive ketones (excluding diaryl/α,β-unsaturated/α-hetero) is 1. The molecule has 0 spiro atoms. The molecule has 1 amide bonds. The van der Waals surface area contributed by atoms with Crippen molar-refractivity contribution in [2.24, 2.45) is 12.0 Å². The number of nitrogens with one attached hydrogen (secondary N) is 1. The van der Waals surface area contributed by atoms with Gasteiger partial charge in [-0.25, -0.2) is 9.79 Å². The minimum Gasteiger partial charge on any atom is -0.454 e. The smallest absolute Gasteiger partial charge is 0.438 e. The number of hydrogen-bond acceptors (Lipinski definition) is 8. The number of nitrogens with zero attached hydrogens (tertiary/aromatic N) is 3. The van der Waals surface area contributed by atoms with Gasteiger partial charge in [-0.05, 0) is 41.2 Å². The molecule has 2 aromatic carbocycles. The van der Waals surface area contributed by atoms with Crippen LogP contribution in [0.3, 0.4) is 0 Å². The van der Waals surface area contributed by atoms with Crippen molar-refractivity contribution in [1.82, 2.24) is 5.27 Å². The molecule has 1 aromatic heterocycles. The van der Waals surface area contributed by atoms with Gasteiger partial charge in [0, 0.05) is 0 Å². The van der Waals surface area contributed by atoms with Crippen molar-refractivity contribution in [2.75, 3.05) is 17.4 Å². The van der Waals surface area contributed by atoms with Crippen LogP contribution in [0.1, 0.15) is 16.1 Å². The van der Waals surface area contributed by atoms with Gasteiger partial charge in [-0.2, -0.15) is 0 Å². The van der Waals surface area contributed by atoms with E-state index in [1.807, 2.05) is 6.07 Å². The fraction of sp³-hybridized carbons (Fsp3) is 0.136. The Balaban J connectivity index is 1.45. The summed E-state index contributed by atoms with van der Waals surface area (Å²) in [5.74, 6) is 0.344. The van der Waals surface area contributed by atoms with Gasteiger partial charge in [-0.1, -0.05) is 40.7 Å². The Labute approximate surface area is 191 Å². The molecule has 2 aliphatic heterocycles. The molecule has 166 valence electrons. The predicted molar refractivity (Wildman–Crippen MR) is 119 cm³/mol. The van der Waals surface area contributed by atoms with Crippen LogP contribution in [0.15, 0.2) is 68.5 Å². The van der Waals surface area contributed by atoms with Crippen molar-refractivity contribution in [1.29, 1.82) is 0 Å². The lowest BCUT2D eigenvalue weighted by atomic mass is 10.1. The first-order chi connectivity index (χ1) is 16.0.